The van der Waals surface area contributed by atoms with Crippen molar-refractivity contribution < 1.29 is 27.8 Å². The number of alkyl halides is 3. The van der Waals surface area contributed by atoms with Gasteiger partial charge >= 0.3 is 12.3 Å². The Morgan fingerprint density at radius 3 is 2.67 bits per heavy atom. The highest BCUT2D eigenvalue weighted by Crippen LogP contribution is 2.30. The maximum Gasteiger partial charge on any atom is 0.573 e. The van der Waals surface area contributed by atoms with Crippen molar-refractivity contribution in [2.75, 3.05) is 5.73 Å². The van der Waals surface area contributed by atoms with Crippen molar-refractivity contribution in [3.63, 3.8) is 0 Å². The van der Waals surface area contributed by atoms with Gasteiger partial charge in [-0.2, -0.15) is 5.26 Å². The number of hydrogen-bond donors (Lipinski definition) is 2. The monoisotopic (exact) mass is 261 g/mol. The number of anilines is 1. The standard InChI is InChI=1S/C9H6F3N3O3/c10-9(11,12)18-6-3-15-5(2-13)8(14)4(6)1-7(16)17/h3H,1,14H2,(H,16,17). The summed E-state index contributed by atoms with van der Waals surface area (Å²) in [5, 5.41) is 17.2. The largest absolute Gasteiger partial charge is 0.573 e. The number of carboxylic acids is 1. The first kappa shape index (κ1) is 13.6. The number of carboxylic acid groups (broad SMARTS) is 1. The molecule has 0 amide bonds. The molecule has 0 atom stereocenters. The lowest BCUT2D eigenvalue weighted by molar-refractivity contribution is -0.275. The maximum absolute atomic E-state index is 12.1. The molecule has 0 saturated heterocycles. The summed E-state index contributed by atoms with van der Waals surface area (Å²) < 4.78 is 39.8. The first-order valence-corrected chi connectivity index (χ1v) is 4.39. The van der Waals surface area contributed by atoms with E-state index in [1.54, 1.807) is 0 Å². The van der Waals surface area contributed by atoms with Crippen molar-refractivity contribution in [3.05, 3.63) is 17.5 Å². The van der Waals surface area contributed by atoms with Crippen LogP contribution in [0, 0.1) is 11.3 Å². The molecule has 1 heterocycles. The first-order valence-electron chi connectivity index (χ1n) is 4.39. The number of carbonyl (C=O) groups is 1. The molecule has 6 nitrogen and oxygen atoms in total. The second kappa shape index (κ2) is 4.79. The lowest BCUT2D eigenvalue weighted by atomic mass is 10.1. The van der Waals surface area contributed by atoms with E-state index < -0.39 is 35.8 Å². The van der Waals surface area contributed by atoms with Gasteiger partial charge in [-0.3, -0.25) is 4.79 Å². The molecule has 0 radical (unpaired) electrons. The van der Waals surface area contributed by atoms with Gasteiger partial charge in [0.2, 0.25) is 0 Å². The van der Waals surface area contributed by atoms with Crippen LogP contribution in [0.25, 0.3) is 0 Å². The molecule has 0 fully saturated rings. The summed E-state index contributed by atoms with van der Waals surface area (Å²) in [5.74, 6) is -2.25. The fourth-order valence-electron chi connectivity index (χ4n) is 1.18. The third-order valence-electron chi connectivity index (χ3n) is 1.85. The molecule has 1 aromatic heterocycles. The fourth-order valence-corrected chi connectivity index (χ4v) is 1.18. The molecule has 0 aliphatic heterocycles. The van der Waals surface area contributed by atoms with Gasteiger partial charge in [-0.25, -0.2) is 4.98 Å². The van der Waals surface area contributed by atoms with Crippen molar-refractivity contribution >= 4 is 11.7 Å². The van der Waals surface area contributed by atoms with Crippen molar-refractivity contribution in [2.45, 2.75) is 12.8 Å². The Bertz CT molecular complexity index is 522. The zero-order valence-electron chi connectivity index (χ0n) is 8.65. The molecule has 0 aromatic carbocycles. The van der Waals surface area contributed by atoms with Gasteiger partial charge in [-0.05, 0) is 0 Å². The van der Waals surface area contributed by atoms with Crippen LogP contribution < -0.4 is 10.5 Å². The smallest absolute Gasteiger partial charge is 0.481 e. The summed E-state index contributed by atoms with van der Waals surface area (Å²) >= 11 is 0. The van der Waals surface area contributed by atoms with Crippen molar-refractivity contribution in [2.24, 2.45) is 0 Å². The van der Waals surface area contributed by atoms with Crippen molar-refractivity contribution in [1.82, 2.24) is 4.98 Å². The number of nitriles is 1. The zero-order valence-corrected chi connectivity index (χ0v) is 8.65. The van der Waals surface area contributed by atoms with Crippen LogP contribution in [0.15, 0.2) is 6.20 Å². The van der Waals surface area contributed by atoms with Crippen molar-refractivity contribution in [1.29, 1.82) is 5.26 Å². The summed E-state index contributed by atoms with van der Waals surface area (Å²) in [4.78, 5) is 13.9. The van der Waals surface area contributed by atoms with Gasteiger partial charge in [0.05, 0.1) is 18.3 Å². The molecule has 0 aliphatic carbocycles. The Hall–Kier alpha value is -2.50. The molecule has 0 saturated carbocycles. The SMILES string of the molecule is N#Cc1ncc(OC(F)(F)F)c(CC(=O)O)c1N. The summed E-state index contributed by atoms with van der Waals surface area (Å²) in [6.45, 7) is 0. The van der Waals surface area contributed by atoms with Crippen LogP contribution in [0.4, 0.5) is 18.9 Å². The van der Waals surface area contributed by atoms with E-state index in [1.807, 2.05) is 0 Å². The van der Waals surface area contributed by atoms with Crippen LogP contribution in [0.3, 0.4) is 0 Å². The van der Waals surface area contributed by atoms with Gasteiger partial charge in [0, 0.05) is 5.56 Å². The van der Waals surface area contributed by atoms with E-state index >= 15 is 0 Å². The molecule has 9 heteroatoms. The number of hydrogen-bond acceptors (Lipinski definition) is 5. The fraction of sp³-hybridized carbons (Fsp3) is 0.222. The average molecular weight is 261 g/mol. The minimum atomic E-state index is -5.00. The van der Waals surface area contributed by atoms with Crippen LogP contribution in [0.2, 0.25) is 0 Å². The van der Waals surface area contributed by atoms with E-state index in [-0.39, 0.29) is 5.69 Å². The number of nitrogen functional groups attached to an aromatic ring is 1. The molecule has 3 N–H and O–H groups in total. The Morgan fingerprint density at radius 1 is 1.61 bits per heavy atom. The van der Waals surface area contributed by atoms with E-state index in [4.69, 9.17) is 16.1 Å². The lowest BCUT2D eigenvalue weighted by Gasteiger charge is -2.13. The van der Waals surface area contributed by atoms with E-state index in [0.29, 0.717) is 6.20 Å². The Morgan fingerprint density at radius 2 is 2.22 bits per heavy atom. The van der Waals surface area contributed by atoms with Crippen LogP contribution in [-0.2, 0) is 11.2 Å². The number of nitrogens with zero attached hydrogens (tertiary/aromatic N) is 2. The first-order chi connectivity index (χ1) is 8.24. The quantitative estimate of drug-likeness (QED) is 0.841. The predicted octanol–water partition coefficient (Wildman–Crippen LogP) is 1.06. The number of aliphatic carboxylic acids is 1. The van der Waals surface area contributed by atoms with Gasteiger partial charge in [0.15, 0.2) is 11.4 Å². The second-order valence-corrected chi connectivity index (χ2v) is 3.09. The maximum atomic E-state index is 12.1. The van der Waals surface area contributed by atoms with Crippen molar-refractivity contribution in [3.8, 4) is 11.8 Å². The Labute approximate surface area is 98.4 Å². The van der Waals surface area contributed by atoms with Crippen LogP contribution >= 0.6 is 0 Å². The van der Waals surface area contributed by atoms with Gasteiger partial charge < -0.3 is 15.6 Å². The third-order valence-corrected chi connectivity index (χ3v) is 1.85. The number of aromatic nitrogens is 1. The van der Waals surface area contributed by atoms with Gasteiger partial charge in [0.1, 0.15) is 6.07 Å². The minimum Gasteiger partial charge on any atom is -0.481 e. The molecule has 96 valence electrons. The third kappa shape index (κ3) is 3.24. The van der Waals surface area contributed by atoms with E-state index in [2.05, 4.69) is 9.72 Å². The number of rotatable bonds is 3. The zero-order chi connectivity index (χ0) is 13.9. The van der Waals surface area contributed by atoms with E-state index in [0.717, 1.165) is 0 Å². The molecular formula is C9H6F3N3O3. The normalized spacial score (nSPS) is 10.8. The molecule has 1 rings (SSSR count). The molecule has 0 bridgehead atoms. The number of pyridine rings is 1. The Balaban J connectivity index is 3.30. The summed E-state index contributed by atoms with van der Waals surface area (Å²) in [7, 11) is 0. The summed E-state index contributed by atoms with van der Waals surface area (Å²) in [6, 6.07) is 1.53. The van der Waals surface area contributed by atoms with E-state index in [1.165, 1.54) is 6.07 Å². The highest BCUT2D eigenvalue weighted by Gasteiger charge is 2.33. The molecule has 1 aromatic rings. The molecule has 0 aliphatic rings. The number of ether oxygens (including phenoxy) is 1. The average Bonchev–Trinajstić information content (AvgIpc) is 2.21. The summed E-state index contributed by atoms with van der Waals surface area (Å²) in [6.07, 6.45) is -5.20. The second-order valence-electron chi connectivity index (χ2n) is 3.09. The molecule has 18 heavy (non-hydrogen) atoms. The highest BCUT2D eigenvalue weighted by atomic mass is 19.4. The predicted molar refractivity (Wildman–Crippen MR) is 51.4 cm³/mol. The van der Waals surface area contributed by atoms with Gasteiger partial charge in [-0.1, -0.05) is 0 Å². The Kier molecular flexibility index (Phi) is 3.61. The van der Waals surface area contributed by atoms with Gasteiger partial charge in [0.25, 0.3) is 0 Å². The minimum absolute atomic E-state index is 0.360. The van der Waals surface area contributed by atoms with E-state index in [9.17, 15) is 18.0 Å². The topological polar surface area (TPSA) is 109 Å². The molecular weight excluding hydrogens is 255 g/mol. The molecule has 0 spiro atoms. The number of halogens is 3. The van der Waals surface area contributed by atoms with Crippen LogP contribution in [0.1, 0.15) is 11.3 Å². The van der Waals surface area contributed by atoms with Gasteiger partial charge in [-0.15, -0.1) is 13.2 Å². The highest BCUT2D eigenvalue weighted by molar-refractivity contribution is 5.75. The van der Waals surface area contributed by atoms with Crippen LogP contribution in [-0.4, -0.2) is 22.4 Å². The van der Waals surface area contributed by atoms with Crippen LogP contribution in [0.5, 0.6) is 5.75 Å². The lowest BCUT2D eigenvalue weighted by Crippen LogP contribution is -2.20. The molecule has 0 unspecified atom stereocenters. The summed E-state index contributed by atoms with van der Waals surface area (Å²) in [5.41, 5.74) is 4.12. The number of nitrogens with two attached hydrogens (primary N) is 1.